The minimum Gasteiger partial charge on any atom is -0.284 e. The lowest BCUT2D eigenvalue weighted by Crippen LogP contribution is -2.16. The molecule has 0 aliphatic carbocycles. The van der Waals surface area contributed by atoms with Crippen molar-refractivity contribution in [2.45, 2.75) is 41.0 Å². The van der Waals surface area contributed by atoms with E-state index < -0.39 is 0 Å². The predicted molar refractivity (Wildman–Crippen MR) is 82.5 cm³/mol. The van der Waals surface area contributed by atoms with Crippen LogP contribution in [0.2, 0.25) is 0 Å². The summed E-state index contributed by atoms with van der Waals surface area (Å²) in [6.45, 7) is 11.9. The summed E-state index contributed by atoms with van der Waals surface area (Å²) in [6.07, 6.45) is 5.24. The maximum Gasteiger partial charge on any atom is 0.0683 e. The second kappa shape index (κ2) is 5.28. The second-order valence-electron chi connectivity index (χ2n) is 6.77. The van der Waals surface area contributed by atoms with Crippen molar-refractivity contribution < 1.29 is 0 Å². The van der Waals surface area contributed by atoms with Gasteiger partial charge in [-0.1, -0.05) is 34.6 Å². The minimum absolute atomic E-state index is 0.122. The molecule has 0 fully saturated rings. The Balaban J connectivity index is 2.21. The number of hydrogen-bond acceptors (Lipinski definition) is 2. The van der Waals surface area contributed by atoms with Crippen molar-refractivity contribution in [2.75, 3.05) is 6.54 Å². The van der Waals surface area contributed by atoms with Crippen LogP contribution in [-0.4, -0.2) is 17.2 Å². The van der Waals surface area contributed by atoms with Crippen LogP contribution < -0.4 is 0 Å². The number of aromatic nitrogens is 1. The Morgan fingerprint density at radius 1 is 1.26 bits per heavy atom. The normalized spacial score (nSPS) is 15.7. The van der Waals surface area contributed by atoms with Gasteiger partial charge in [0.25, 0.3) is 0 Å². The summed E-state index contributed by atoms with van der Waals surface area (Å²) in [5, 5.41) is 0. The lowest BCUT2D eigenvalue weighted by Gasteiger charge is -2.16. The lowest BCUT2D eigenvalue weighted by atomic mass is 9.89. The molecule has 1 aliphatic rings. The first-order valence-corrected chi connectivity index (χ1v) is 7.07. The van der Waals surface area contributed by atoms with E-state index in [1.54, 1.807) is 0 Å². The standard InChI is InChI=1S/C17H24N2/c1-12(2)8-13-6-7-18-15(9-13)14-10-16(19-11-14)17(3,4)5/h6-7,9-10,12H,8,11H2,1-5H3. The van der Waals surface area contributed by atoms with Crippen LogP contribution >= 0.6 is 0 Å². The minimum atomic E-state index is 0.122. The highest BCUT2D eigenvalue weighted by molar-refractivity contribution is 6.07. The van der Waals surface area contributed by atoms with Gasteiger partial charge in [-0.05, 0) is 36.1 Å². The molecule has 0 unspecified atom stereocenters. The fourth-order valence-corrected chi connectivity index (χ4v) is 2.28. The van der Waals surface area contributed by atoms with E-state index in [1.807, 2.05) is 6.20 Å². The highest BCUT2D eigenvalue weighted by Crippen LogP contribution is 2.26. The Hall–Kier alpha value is -1.44. The number of allylic oxidation sites excluding steroid dienone is 1. The number of aliphatic imine (C=N–C) groups is 1. The molecule has 2 heteroatoms. The zero-order valence-electron chi connectivity index (χ0n) is 12.7. The van der Waals surface area contributed by atoms with Crippen LogP contribution in [0.4, 0.5) is 0 Å². The Morgan fingerprint density at radius 3 is 2.58 bits per heavy atom. The van der Waals surface area contributed by atoms with Gasteiger partial charge < -0.3 is 0 Å². The molecule has 2 heterocycles. The molecule has 0 amide bonds. The van der Waals surface area contributed by atoms with Crippen LogP contribution in [0.25, 0.3) is 5.57 Å². The molecule has 1 aromatic heterocycles. The van der Waals surface area contributed by atoms with Crippen molar-refractivity contribution >= 4 is 11.3 Å². The van der Waals surface area contributed by atoms with Crippen LogP contribution in [-0.2, 0) is 6.42 Å². The lowest BCUT2D eigenvalue weighted by molar-refractivity contribution is 0.594. The zero-order valence-corrected chi connectivity index (χ0v) is 12.7. The molecule has 0 bridgehead atoms. The van der Waals surface area contributed by atoms with E-state index >= 15 is 0 Å². The van der Waals surface area contributed by atoms with Gasteiger partial charge >= 0.3 is 0 Å². The van der Waals surface area contributed by atoms with Gasteiger partial charge in [0.1, 0.15) is 0 Å². The van der Waals surface area contributed by atoms with Crippen molar-refractivity contribution in [3.8, 4) is 0 Å². The van der Waals surface area contributed by atoms with Crippen LogP contribution in [0, 0.1) is 11.3 Å². The number of nitrogens with zero attached hydrogens (tertiary/aromatic N) is 2. The fraction of sp³-hybridized carbons (Fsp3) is 0.529. The fourth-order valence-electron chi connectivity index (χ4n) is 2.28. The van der Waals surface area contributed by atoms with Gasteiger partial charge in [0, 0.05) is 22.9 Å². The summed E-state index contributed by atoms with van der Waals surface area (Å²) in [7, 11) is 0. The average molecular weight is 256 g/mol. The van der Waals surface area contributed by atoms with Crippen molar-refractivity contribution in [3.05, 3.63) is 35.7 Å². The van der Waals surface area contributed by atoms with E-state index in [4.69, 9.17) is 0 Å². The number of hydrogen-bond donors (Lipinski definition) is 0. The Bertz CT molecular complexity index is 516. The first kappa shape index (κ1) is 14.0. The molecule has 0 aromatic carbocycles. The van der Waals surface area contributed by atoms with Gasteiger partial charge in [-0.3, -0.25) is 9.98 Å². The van der Waals surface area contributed by atoms with Crippen molar-refractivity contribution in [3.63, 3.8) is 0 Å². The third-order valence-corrected chi connectivity index (χ3v) is 3.30. The molecule has 0 saturated carbocycles. The highest BCUT2D eigenvalue weighted by Gasteiger charge is 2.22. The van der Waals surface area contributed by atoms with Gasteiger partial charge in [-0.25, -0.2) is 0 Å². The van der Waals surface area contributed by atoms with Gasteiger partial charge in [0.05, 0.1) is 12.2 Å². The molecule has 1 aromatic rings. The Morgan fingerprint density at radius 2 is 2.00 bits per heavy atom. The monoisotopic (exact) mass is 256 g/mol. The molecule has 0 spiro atoms. The first-order valence-electron chi connectivity index (χ1n) is 7.07. The molecule has 0 atom stereocenters. The van der Waals surface area contributed by atoms with Gasteiger partial charge in [0.2, 0.25) is 0 Å². The molecule has 2 nitrogen and oxygen atoms in total. The Kier molecular flexibility index (Phi) is 3.88. The molecule has 2 rings (SSSR count). The molecule has 0 saturated heterocycles. The zero-order chi connectivity index (χ0) is 14.0. The van der Waals surface area contributed by atoms with E-state index in [0.29, 0.717) is 5.92 Å². The molecule has 0 radical (unpaired) electrons. The smallest absolute Gasteiger partial charge is 0.0683 e. The van der Waals surface area contributed by atoms with Crippen molar-refractivity contribution in [1.29, 1.82) is 0 Å². The summed E-state index contributed by atoms with van der Waals surface area (Å²) in [5.74, 6) is 0.675. The maximum absolute atomic E-state index is 4.64. The Labute approximate surface area is 116 Å². The van der Waals surface area contributed by atoms with Crippen LogP contribution in [0.5, 0.6) is 0 Å². The molecule has 19 heavy (non-hydrogen) atoms. The van der Waals surface area contributed by atoms with Crippen LogP contribution in [0.15, 0.2) is 29.4 Å². The molecule has 0 N–H and O–H groups in total. The van der Waals surface area contributed by atoms with Crippen LogP contribution in [0.3, 0.4) is 0 Å². The summed E-state index contributed by atoms with van der Waals surface area (Å²) in [5.41, 5.74) is 5.00. The van der Waals surface area contributed by atoms with Gasteiger partial charge in [0.15, 0.2) is 0 Å². The topological polar surface area (TPSA) is 25.2 Å². The van der Waals surface area contributed by atoms with Crippen molar-refractivity contribution in [2.24, 2.45) is 16.3 Å². The third-order valence-electron chi connectivity index (χ3n) is 3.30. The summed E-state index contributed by atoms with van der Waals surface area (Å²) in [4.78, 5) is 9.14. The molecular formula is C17H24N2. The van der Waals surface area contributed by atoms with Crippen LogP contribution in [0.1, 0.15) is 45.9 Å². The summed E-state index contributed by atoms with van der Waals surface area (Å²) >= 11 is 0. The predicted octanol–water partition coefficient (Wildman–Crippen LogP) is 4.16. The average Bonchev–Trinajstić information content (AvgIpc) is 2.77. The van der Waals surface area contributed by atoms with Crippen molar-refractivity contribution in [1.82, 2.24) is 4.98 Å². The van der Waals surface area contributed by atoms with Gasteiger partial charge in [-0.15, -0.1) is 0 Å². The van der Waals surface area contributed by atoms with E-state index in [0.717, 1.165) is 18.7 Å². The molecular weight excluding hydrogens is 232 g/mol. The highest BCUT2D eigenvalue weighted by atomic mass is 14.8. The largest absolute Gasteiger partial charge is 0.284 e. The third kappa shape index (κ3) is 3.52. The van der Waals surface area contributed by atoms with E-state index in [9.17, 15) is 0 Å². The maximum atomic E-state index is 4.64. The first-order chi connectivity index (χ1) is 8.86. The van der Waals surface area contributed by atoms with E-state index in [-0.39, 0.29) is 5.41 Å². The second-order valence-corrected chi connectivity index (χ2v) is 6.77. The van der Waals surface area contributed by atoms with Gasteiger partial charge in [-0.2, -0.15) is 0 Å². The van der Waals surface area contributed by atoms with E-state index in [2.05, 4.69) is 62.8 Å². The molecule has 102 valence electrons. The molecule has 1 aliphatic heterocycles. The number of pyridine rings is 1. The summed E-state index contributed by atoms with van der Waals surface area (Å²) < 4.78 is 0. The summed E-state index contributed by atoms with van der Waals surface area (Å²) in [6, 6.07) is 4.33. The SMILES string of the molecule is CC(C)Cc1ccnc(C2=CC(C(C)(C)C)=NC2)c1. The number of rotatable bonds is 3. The quantitative estimate of drug-likeness (QED) is 0.797. The van der Waals surface area contributed by atoms with E-state index in [1.165, 1.54) is 16.8 Å².